The van der Waals surface area contributed by atoms with Gasteiger partial charge in [-0.15, -0.1) is 13.2 Å². The number of aromatic amines is 1. The Morgan fingerprint density at radius 3 is 2.51 bits per heavy atom. The summed E-state index contributed by atoms with van der Waals surface area (Å²) >= 11 is 0. The molecule has 3 N–H and O–H groups in total. The second-order valence-electron chi connectivity index (χ2n) is 9.06. The molecular formula is C29H24F4N2O4. The third-order valence-corrected chi connectivity index (χ3v) is 5.97. The summed E-state index contributed by atoms with van der Waals surface area (Å²) in [6.45, 7) is 1.09. The fraction of sp³-hybridized carbons (Fsp3) is 0.207. The van der Waals surface area contributed by atoms with Crippen molar-refractivity contribution in [3.05, 3.63) is 94.9 Å². The predicted molar refractivity (Wildman–Crippen MR) is 137 cm³/mol. The van der Waals surface area contributed by atoms with E-state index in [0.29, 0.717) is 5.75 Å². The maximum Gasteiger partial charge on any atom is 0.573 e. The average molecular weight is 541 g/mol. The van der Waals surface area contributed by atoms with Gasteiger partial charge in [0.05, 0.1) is 30.4 Å². The summed E-state index contributed by atoms with van der Waals surface area (Å²) in [7, 11) is 1.39. The molecule has 1 aromatic heterocycles. The molecule has 0 aliphatic rings. The van der Waals surface area contributed by atoms with Crippen LogP contribution in [0.15, 0.2) is 66.9 Å². The van der Waals surface area contributed by atoms with Crippen LogP contribution in [0.3, 0.4) is 0 Å². The van der Waals surface area contributed by atoms with Gasteiger partial charge in [-0.25, -0.2) is 4.39 Å². The van der Waals surface area contributed by atoms with Crippen LogP contribution in [-0.4, -0.2) is 41.6 Å². The predicted octanol–water partition coefficient (Wildman–Crippen LogP) is 5.34. The smallest absolute Gasteiger partial charge is 0.495 e. The molecule has 0 aliphatic carbocycles. The molecule has 0 saturated carbocycles. The Hall–Kier alpha value is -4.49. The first-order chi connectivity index (χ1) is 18.5. The van der Waals surface area contributed by atoms with Crippen molar-refractivity contribution in [2.75, 3.05) is 13.7 Å². The van der Waals surface area contributed by atoms with E-state index < -0.39 is 41.5 Å². The first-order valence-corrected chi connectivity index (χ1v) is 11.7. The zero-order valence-electron chi connectivity index (χ0n) is 20.9. The van der Waals surface area contributed by atoms with Gasteiger partial charge in [0.25, 0.3) is 5.91 Å². The summed E-state index contributed by atoms with van der Waals surface area (Å²) < 4.78 is 62.2. The van der Waals surface area contributed by atoms with E-state index >= 15 is 0 Å². The third kappa shape index (κ3) is 6.69. The molecule has 1 amide bonds. The van der Waals surface area contributed by atoms with E-state index in [1.165, 1.54) is 25.3 Å². The molecule has 0 saturated heterocycles. The number of aromatic nitrogens is 1. The summed E-state index contributed by atoms with van der Waals surface area (Å²) in [6.07, 6.45) is -3.12. The molecule has 202 valence electrons. The molecule has 4 aromatic rings. The number of carbonyl (C=O) groups is 1. The van der Waals surface area contributed by atoms with E-state index in [1.807, 2.05) is 24.3 Å². The summed E-state index contributed by atoms with van der Waals surface area (Å²) in [5.74, 6) is 3.53. The molecule has 0 fully saturated rings. The van der Waals surface area contributed by atoms with Gasteiger partial charge in [-0.05, 0) is 61.4 Å². The van der Waals surface area contributed by atoms with Crippen molar-refractivity contribution < 1.29 is 36.9 Å². The van der Waals surface area contributed by atoms with Crippen molar-refractivity contribution in [1.82, 2.24) is 10.3 Å². The summed E-state index contributed by atoms with van der Waals surface area (Å²) in [4.78, 5) is 16.4. The van der Waals surface area contributed by atoms with Crippen LogP contribution in [0.2, 0.25) is 0 Å². The number of alkyl halides is 3. The van der Waals surface area contributed by atoms with Crippen molar-refractivity contribution in [3.8, 4) is 23.3 Å². The minimum atomic E-state index is -5.05. The molecule has 1 atom stereocenters. The van der Waals surface area contributed by atoms with E-state index in [9.17, 15) is 27.5 Å². The van der Waals surface area contributed by atoms with E-state index in [4.69, 9.17) is 4.74 Å². The Labute approximate surface area is 221 Å². The monoisotopic (exact) mass is 540 g/mol. The first-order valence-electron chi connectivity index (χ1n) is 11.7. The number of rotatable bonds is 7. The van der Waals surface area contributed by atoms with Gasteiger partial charge in [-0.2, -0.15) is 0 Å². The van der Waals surface area contributed by atoms with E-state index in [-0.39, 0.29) is 17.5 Å². The Morgan fingerprint density at radius 1 is 1.05 bits per heavy atom. The Morgan fingerprint density at radius 2 is 1.79 bits per heavy atom. The maximum absolute atomic E-state index is 13.7. The Balaban J connectivity index is 1.67. The molecule has 3 aromatic carbocycles. The highest BCUT2D eigenvalue weighted by Gasteiger charge is 2.34. The van der Waals surface area contributed by atoms with Gasteiger partial charge < -0.3 is 24.9 Å². The van der Waals surface area contributed by atoms with Crippen molar-refractivity contribution in [3.63, 3.8) is 0 Å². The fourth-order valence-corrected chi connectivity index (χ4v) is 4.10. The normalized spacial score (nSPS) is 12.8. The van der Waals surface area contributed by atoms with Crippen LogP contribution in [-0.2, 0) is 6.42 Å². The molecule has 39 heavy (non-hydrogen) atoms. The number of fused-ring (bicyclic) bond motifs is 1. The molecule has 6 nitrogen and oxygen atoms in total. The maximum atomic E-state index is 13.7. The zero-order chi connectivity index (χ0) is 28.2. The molecular weight excluding hydrogens is 516 g/mol. The number of hydrogen-bond donors (Lipinski definition) is 3. The lowest BCUT2D eigenvalue weighted by Crippen LogP contribution is -2.50. The molecule has 10 heteroatoms. The van der Waals surface area contributed by atoms with Crippen LogP contribution in [0.25, 0.3) is 10.9 Å². The van der Waals surface area contributed by atoms with Gasteiger partial charge in [0.2, 0.25) is 0 Å². The highest BCUT2D eigenvalue weighted by atomic mass is 19.4. The topological polar surface area (TPSA) is 83.6 Å². The van der Waals surface area contributed by atoms with Crippen LogP contribution in [0.1, 0.15) is 34.0 Å². The van der Waals surface area contributed by atoms with Gasteiger partial charge >= 0.3 is 6.36 Å². The lowest BCUT2D eigenvalue weighted by atomic mass is 9.92. The number of benzene rings is 3. The minimum absolute atomic E-state index is 0.170. The number of amides is 1. The number of methoxy groups -OCH3 is 1. The summed E-state index contributed by atoms with van der Waals surface area (Å²) in [6, 6.07) is 14.6. The Kier molecular flexibility index (Phi) is 7.83. The van der Waals surface area contributed by atoms with Gasteiger partial charge in [0.1, 0.15) is 17.3 Å². The third-order valence-electron chi connectivity index (χ3n) is 5.97. The van der Waals surface area contributed by atoms with Gasteiger partial charge in [0, 0.05) is 22.7 Å². The number of aliphatic hydroxyl groups excluding tert-OH is 1. The Bertz CT molecular complexity index is 1570. The number of aliphatic hydroxyl groups is 1. The molecule has 1 heterocycles. The van der Waals surface area contributed by atoms with Crippen LogP contribution in [0, 0.1) is 17.7 Å². The highest BCUT2D eigenvalue weighted by molar-refractivity contribution is 5.98. The molecule has 0 aliphatic heterocycles. The molecule has 0 bridgehead atoms. The van der Waals surface area contributed by atoms with Crippen LogP contribution >= 0.6 is 0 Å². The zero-order valence-corrected chi connectivity index (χ0v) is 20.9. The average Bonchev–Trinajstić information content (AvgIpc) is 3.29. The van der Waals surface area contributed by atoms with E-state index in [2.05, 4.69) is 26.9 Å². The quantitative estimate of drug-likeness (QED) is 0.218. The van der Waals surface area contributed by atoms with E-state index in [1.54, 1.807) is 13.1 Å². The van der Waals surface area contributed by atoms with Crippen molar-refractivity contribution >= 4 is 16.8 Å². The largest absolute Gasteiger partial charge is 0.573 e. The van der Waals surface area contributed by atoms with Crippen molar-refractivity contribution in [2.45, 2.75) is 25.2 Å². The highest BCUT2D eigenvalue weighted by Crippen LogP contribution is 2.29. The second-order valence-corrected chi connectivity index (χ2v) is 9.06. The van der Waals surface area contributed by atoms with Crippen LogP contribution in [0.5, 0.6) is 11.5 Å². The van der Waals surface area contributed by atoms with Crippen molar-refractivity contribution in [1.29, 1.82) is 0 Å². The lowest BCUT2D eigenvalue weighted by molar-refractivity contribution is -0.274. The number of H-pyrrole nitrogens is 1. The minimum Gasteiger partial charge on any atom is -0.495 e. The van der Waals surface area contributed by atoms with Crippen LogP contribution in [0.4, 0.5) is 17.6 Å². The summed E-state index contributed by atoms with van der Waals surface area (Å²) in [5.41, 5.74) is 0.380. The SMILES string of the molecule is COc1ccc(F)cc1C#Cc1ccc(OC(F)(F)F)c(C(=O)NC(C)(CO)Cc2c[nH]c3ccccc23)c1. The summed E-state index contributed by atoms with van der Waals surface area (Å²) in [5, 5.41) is 13.7. The van der Waals surface area contributed by atoms with Crippen molar-refractivity contribution in [2.24, 2.45) is 0 Å². The lowest BCUT2D eigenvalue weighted by Gasteiger charge is -2.29. The molecule has 4 rings (SSSR count). The van der Waals surface area contributed by atoms with Crippen LogP contribution < -0.4 is 14.8 Å². The number of nitrogens with one attached hydrogen (secondary N) is 2. The van der Waals surface area contributed by atoms with Gasteiger partial charge in [-0.1, -0.05) is 30.0 Å². The van der Waals surface area contributed by atoms with Gasteiger partial charge in [-0.3, -0.25) is 4.79 Å². The number of ether oxygens (including phenoxy) is 2. The molecule has 1 unspecified atom stereocenters. The standard InChI is InChI=1S/C29H24F4N2O4/c1-28(17-36,15-20-16-34-24-6-4-3-5-22(20)24)35-27(37)23-13-18(8-11-26(23)39-29(31,32)33)7-9-19-14-21(30)10-12-25(19)38-2/h3-6,8,10-14,16,34,36H,15,17H2,1-2H3,(H,35,37). The number of carbonyl (C=O) groups excluding carboxylic acids is 1. The second kappa shape index (κ2) is 11.1. The van der Waals surface area contributed by atoms with E-state index in [0.717, 1.165) is 34.7 Å². The number of hydrogen-bond acceptors (Lipinski definition) is 4. The number of halogens is 4. The fourth-order valence-electron chi connectivity index (χ4n) is 4.10. The van der Waals surface area contributed by atoms with Gasteiger partial charge in [0.15, 0.2) is 0 Å². The molecule has 0 radical (unpaired) electrons. The molecule has 0 spiro atoms. The number of para-hydroxylation sites is 1. The first kappa shape index (κ1) is 27.5.